The summed E-state index contributed by atoms with van der Waals surface area (Å²) < 4.78 is 0. The fourth-order valence-electron chi connectivity index (χ4n) is 5.99. The van der Waals surface area contributed by atoms with Gasteiger partial charge in [0.15, 0.2) is 0 Å². The molecule has 5 atom stereocenters. The number of benzene rings is 2. The van der Waals surface area contributed by atoms with Crippen LogP contribution in [0, 0.1) is 17.8 Å². The third-order valence-corrected chi connectivity index (χ3v) is 7.73. The second-order valence-electron chi connectivity index (χ2n) is 9.70. The Hall–Kier alpha value is -2.89. The molecule has 4 amide bonds. The first-order chi connectivity index (χ1) is 14.8. The van der Waals surface area contributed by atoms with Gasteiger partial charge in [-0.1, -0.05) is 42.8 Å². The summed E-state index contributed by atoms with van der Waals surface area (Å²) in [7, 11) is 0. The molecule has 31 heavy (non-hydrogen) atoms. The average Bonchev–Trinajstić information content (AvgIpc) is 3.45. The number of amides is 4. The molecule has 0 aromatic heterocycles. The van der Waals surface area contributed by atoms with Gasteiger partial charge < -0.3 is 10.6 Å². The Bertz CT molecular complexity index is 1070. The number of hydrogen-bond acceptors (Lipinski definition) is 3. The van der Waals surface area contributed by atoms with Crippen molar-refractivity contribution in [1.82, 2.24) is 15.5 Å². The zero-order chi connectivity index (χ0) is 21.8. The van der Waals surface area contributed by atoms with E-state index in [-0.39, 0.29) is 18.5 Å². The van der Waals surface area contributed by atoms with Gasteiger partial charge in [-0.2, -0.15) is 0 Å². The third-order valence-electron chi connectivity index (χ3n) is 7.73. The molecule has 2 bridgehead atoms. The van der Waals surface area contributed by atoms with E-state index in [1.807, 2.05) is 49.4 Å². The van der Waals surface area contributed by atoms with Gasteiger partial charge in [0, 0.05) is 6.04 Å². The molecule has 0 radical (unpaired) electrons. The molecule has 2 saturated carbocycles. The van der Waals surface area contributed by atoms with Crippen LogP contribution in [0.1, 0.15) is 45.1 Å². The monoisotopic (exact) mass is 419 g/mol. The van der Waals surface area contributed by atoms with Crippen molar-refractivity contribution < 1.29 is 14.4 Å². The first kappa shape index (κ1) is 20.0. The van der Waals surface area contributed by atoms with Crippen molar-refractivity contribution >= 4 is 28.6 Å². The Kier molecular flexibility index (Phi) is 4.76. The van der Waals surface area contributed by atoms with Crippen LogP contribution in [0.15, 0.2) is 42.5 Å². The zero-order valence-electron chi connectivity index (χ0n) is 18.1. The van der Waals surface area contributed by atoms with Crippen molar-refractivity contribution in [2.75, 3.05) is 6.54 Å². The van der Waals surface area contributed by atoms with Crippen LogP contribution >= 0.6 is 0 Å². The van der Waals surface area contributed by atoms with E-state index in [0.29, 0.717) is 17.4 Å². The smallest absolute Gasteiger partial charge is 0.325 e. The molecular formula is C25H29N3O3. The Morgan fingerprint density at radius 1 is 1.16 bits per heavy atom. The van der Waals surface area contributed by atoms with E-state index in [9.17, 15) is 14.4 Å². The lowest BCUT2D eigenvalue weighted by Crippen LogP contribution is -2.47. The van der Waals surface area contributed by atoms with Crippen LogP contribution in [0.3, 0.4) is 0 Å². The second kappa shape index (κ2) is 7.36. The molecule has 6 heteroatoms. The number of carbonyl (C=O) groups is 3. The van der Waals surface area contributed by atoms with Crippen molar-refractivity contribution in [2.45, 2.75) is 51.1 Å². The number of imide groups is 1. The van der Waals surface area contributed by atoms with Crippen LogP contribution in [0.2, 0.25) is 0 Å². The van der Waals surface area contributed by atoms with Gasteiger partial charge in [0.2, 0.25) is 5.91 Å². The third kappa shape index (κ3) is 3.38. The SMILES string of the molecule is C[C@H](NC(=O)CN1C(=O)N[C@](C)(c2ccc3ccccc3c2)C1=O)[C@H]1C[C@@H]2CC[C@@H]1C2. The molecule has 0 unspecified atom stereocenters. The van der Waals surface area contributed by atoms with E-state index in [0.717, 1.165) is 21.6 Å². The molecule has 3 fully saturated rings. The van der Waals surface area contributed by atoms with Crippen molar-refractivity contribution in [2.24, 2.45) is 17.8 Å². The molecule has 0 spiro atoms. The van der Waals surface area contributed by atoms with Crippen LogP contribution in [-0.4, -0.2) is 35.3 Å². The van der Waals surface area contributed by atoms with Crippen LogP contribution < -0.4 is 10.6 Å². The fraction of sp³-hybridized carbons (Fsp3) is 0.480. The molecule has 1 aliphatic heterocycles. The number of rotatable bonds is 5. The Morgan fingerprint density at radius 2 is 1.94 bits per heavy atom. The van der Waals surface area contributed by atoms with Crippen molar-refractivity contribution in [3.8, 4) is 0 Å². The predicted molar refractivity (Wildman–Crippen MR) is 118 cm³/mol. The highest BCUT2D eigenvalue weighted by atomic mass is 16.2. The van der Waals surface area contributed by atoms with Gasteiger partial charge in [-0.05, 0) is 73.3 Å². The lowest BCUT2D eigenvalue weighted by atomic mass is 9.84. The number of urea groups is 1. The molecule has 2 N–H and O–H groups in total. The molecule has 3 aliphatic rings. The number of hydrogen-bond donors (Lipinski definition) is 2. The molecular weight excluding hydrogens is 390 g/mol. The van der Waals surface area contributed by atoms with Gasteiger partial charge >= 0.3 is 6.03 Å². The molecule has 1 heterocycles. The average molecular weight is 420 g/mol. The maximum atomic E-state index is 13.2. The quantitative estimate of drug-likeness (QED) is 0.728. The van der Waals surface area contributed by atoms with Gasteiger partial charge in [0.25, 0.3) is 5.91 Å². The normalized spacial score (nSPS) is 30.6. The summed E-state index contributed by atoms with van der Waals surface area (Å²) in [6.45, 7) is 3.50. The first-order valence-corrected chi connectivity index (χ1v) is 11.3. The standard InChI is InChI=1S/C25H29N3O3/c1-15(21-12-16-7-8-19(21)11-16)26-22(29)14-28-23(30)25(2,27-24(28)31)20-10-9-17-5-3-4-6-18(17)13-20/h3-6,9-10,13,15-16,19,21H,7-8,11-12,14H2,1-2H3,(H,26,29)(H,27,31)/t15-,16+,19+,21+,25+/m0/s1. The van der Waals surface area contributed by atoms with Crippen molar-refractivity contribution in [3.05, 3.63) is 48.0 Å². The topological polar surface area (TPSA) is 78.5 Å². The van der Waals surface area contributed by atoms with Crippen LogP contribution in [0.25, 0.3) is 10.8 Å². The molecule has 2 aliphatic carbocycles. The van der Waals surface area contributed by atoms with Gasteiger partial charge in [0.1, 0.15) is 12.1 Å². The Labute approximate surface area is 182 Å². The fourth-order valence-corrected chi connectivity index (χ4v) is 5.99. The van der Waals surface area contributed by atoms with Crippen LogP contribution in [-0.2, 0) is 15.1 Å². The summed E-state index contributed by atoms with van der Waals surface area (Å²) in [5.41, 5.74) is -0.472. The highest BCUT2D eigenvalue weighted by Gasteiger charge is 2.50. The van der Waals surface area contributed by atoms with E-state index >= 15 is 0 Å². The zero-order valence-corrected chi connectivity index (χ0v) is 18.1. The van der Waals surface area contributed by atoms with E-state index in [1.165, 1.54) is 25.7 Å². The van der Waals surface area contributed by atoms with Gasteiger partial charge in [-0.25, -0.2) is 4.79 Å². The number of carbonyl (C=O) groups excluding carboxylic acids is 3. The number of nitrogens with zero attached hydrogens (tertiary/aromatic N) is 1. The van der Waals surface area contributed by atoms with Crippen molar-refractivity contribution in [1.29, 1.82) is 0 Å². The maximum Gasteiger partial charge on any atom is 0.325 e. The highest BCUT2D eigenvalue weighted by Crippen LogP contribution is 2.49. The second-order valence-corrected chi connectivity index (χ2v) is 9.70. The Balaban J connectivity index is 1.28. The maximum absolute atomic E-state index is 13.2. The van der Waals surface area contributed by atoms with Crippen LogP contribution in [0.4, 0.5) is 4.79 Å². The van der Waals surface area contributed by atoms with Gasteiger partial charge in [-0.3, -0.25) is 14.5 Å². The molecule has 2 aromatic carbocycles. The van der Waals surface area contributed by atoms with Crippen LogP contribution in [0.5, 0.6) is 0 Å². The largest absolute Gasteiger partial charge is 0.352 e. The Morgan fingerprint density at radius 3 is 2.65 bits per heavy atom. The summed E-state index contributed by atoms with van der Waals surface area (Å²) in [6, 6.07) is 13.2. The minimum Gasteiger partial charge on any atom is -0.352 e. The minimum absolute atomic E-state index is 0.0652. The summed E-state index contributed by atoms with van der Waals surface area (Å²) in [5.74, 6) is 1.35. The summed E-state index contributed by atoms with van der Waals surface area (Å²) in [4.78, 5) is 39.6. The molecule has 2 aromatic rings. The van der Waals surface area contributed by atoms with Crippen molar-refractivity contribution in [3.63, 3.8) is 0 Å². The van der Waals surface area contributed by atoms with E-state index in [1.54, 1.807) is 6.92 Å². The summed E-state index contributed by atoms with van der Waals surface area (Å²) >= 11 is 0. The summed E-state index contributed by atoms with van der Waals surface area (Å²) in [5, 5.41) is 7.92. The molecule has 5 rings (SSSR count). The highest BCUT2D eigenvalue weighted by molar-refractivity contribution is 6.09. The van der Waals surface area contributed by atoms with E-state index in [4.69, 9.17) is 0 Å². The number of nitrogens with one attached hydrogen (secondary N) is 2. The summed E-state index contributed by atoms with van der Waals surface area (Å²) in [6.07, 6.45) is 5.03. The van der Waals surface area contributed by atoms with E-state index < -0.39 is 17.5 Å². The van der Waals surface area contributed by atoms with E-state index in [2.05, 4.69) is 10.6 Å². The molecule has 162 valence electrons. The lowest BCUT2D eigenvalue weighted by molar-refractivity contribution is -0.135. The van der Waals surface area contributed by atoms with Gasteiger partial charge in [-0.15, -0.1) is 0 Å². The minimum atomic E-state index is -1.18. The molecule has 1 saturated heterocycles. The van der Waals surface area contributed by atoms with Gasteiger partial charge in [0.05, 0.1) is 0 Å². The molecule has 6 nitrogen and oxygen atoms in total. The predicted octanol–water partition coefficient (Wildman–Crippen LogP) is 3.55. The first-order valence-electron chi connectivity index (χ1n) is 11.3. The lowest BCUT2D eigenvalue weighted by Gasteiger charge is -2.29. The number of fused-ring (bicyclic) bond motifs is 3.